The number of pyridine rings is 1. The Morgan fingerprint density at radius 2 is 1.70 bits per heavy atom. The van der Waals surface area contributed by atoms with Gasteiger partial charge in [-0.05, 0) is 42.2 Å². The number of ether oxygens (including phenoxy) is 2. The summed E-state index contributed by atoms with van der Waals surface area (Å²) < 4.78 is 11.2. The van der Waals surface area contributed by atoms with E-state index in [0.29, 0.717) is 6.54 Å². The molecule has 0 atom stereocenters. The molecule has 0 saturated carbocycles. The van der Waals surface area contributed by atoms with Crippen molar-refractivity contribution in [2.75, 3.05) is 32.6 Å². The van der Waals surface area contributed by atoms with E-state index in [-0.39, 0.29) is 0 Å². The lowest BCUT2D eigenvalue weighted by Crippen LogP contribution is -2.26. The summed E-state index contributed by atoms with van der Waals surface area (Å²) in [5.74, 6) is 1.59. The van der Waals surface area contributed by atoms with Gasteiger partial charge >= 0.3 is 0 Å². The monoisotopic (exact) mass is 510 g/mol. The van der Waals surface area contributed by atoms with Crippen LogP contribution in [-0.2, 0) is 11.2 Å². The van der Waals surface area contributed by atoms with E-state index < -0.39 is 0 Å². The number of H-pyrrole nitrogens is 1. The molecule has 7 nitrogen and oxygen atoms in total. The smallest absolute Gasteiger partial charge is 0.209 e. The molecule has 0 fully saturated rings. The molecule has 0 bridgehead atoms. The van der Waals surface area contributed by atoms with Gasteiger partial charge in [0.05, 0.1) is 25.6 Å². The summed E-state index contributed by atoms with van der Waals surface area (Å²) in [4.78, 5) is 20.6. The van der Waals surface area contributed by atoms with Crippen LogP contribution in [0.2, 0.25) is 0 Å². The standard InChI is InChI=1S/C23H26N4O3.C3H8.2C2H6/c1-4-15-11-22(30-3)20(13-21(15)29-2)25-18-5-8-24-23-17(18)12-19(26-23)16-6-9-27(14-28)10-7-16;1-3-2;2*1-2/h5-6,8,11-14H,4,7,9-10H2,1-3H3,(H2,24,25,26);3H2,1-2H3;2*1-2H3. The topological polar surface area (TPSA) is 79.5 Å². The zero-order valence-electron chi connectivity index (χ0n) is 24.2. The molecular weight excluding hydrogens is 464 g/mol. The average Bonchev–Trinajstić information content (AvgIpc) is 3.41. The average molecular weight is 511 g/mol. The van der Waals surface area contributed by atoms with Crippen molar-refractivity contribution in [1.29, 1.82) is 0 Å². The Balaban J connectivity index is 0.000000894. The summed E-state index contributed by atoms with van der Waals surface area (Å²) in [5, 5.41) is 4.48. The summed E-state index contributed by atoms with van der Waals surface area (Å²) in [6, 6.07) is 8.03. The number of aryl methyl sites for hydroxylation is 1. The predicted molar refractivity (Wildman–Crippen MR) is 157 cm³/mol. The highest BCUT2D eigenvalue weighted by Crippen LogP contribution is 2.37. The number of benzene rings is 1. The number of hydrogen-bond acceptors (Lipinski definition) is 5. The lowest BCUT2D eigenvalue weighted by Gasteiger charge is -2.21. The number of amides is 1. The van der Waals surface area contributed by atoms with Crippen molar-refractivity contribution in [2.24, 2.45) is 0 Å². The maximum absolute atomic E-state index is 11.0. The number of nitrogens with one attached hydrogen (secondary N) is 2. The second-order valence-electron chi connectivity index (χ2n) is 7.93. The summed E-state index contributed by atoms with van der Waals surface area (Å²) in [5.41, 5.74) is 5.90. The van der Waals surface area contributed by atoms with Gasteiger partial charge in [-0.15, -0.1) is 0 Å². The normalized spacial score (nSPS) is 12.0. The van der Waals surface area contributed by atoms with E-state index in [1.165, 1.54) is 12.0 Å². The van der Waals surface area contributed by atoms with E-state index in [9.17, 15) is 4.79 Å². The molecule has 7 heteroatoms. The Morgan fingerprint density at radius 3 is 2.24 bits per heavy atom. The molecule has 0 saturated heterocycles. The molecule has 3 heterocycles. The third-order valence-corrected chi connectivity index (χ3v) is 5.52. The number of rotatable bonds is 7. The fourth-order valence-corrected chi connectivity index (χ4v) is 3.81. The molecule has 4 rings (SSSR count). The highest BCUT2D eigenvalue weighted by molar-refractivity contribution is 5.94. The molecule has 0 aliphatic carbocycles. The quantitative estimate of drug-likeness (QED) is 0.320. The van der Waals surface area contributed by atoms with Crippen LogP contribution >= 0.6 is 0 Å². The van der Waals surface area contributed by atoms with Crippen molar-refractivity contribution in [3.05, 3.63) is 47.8 Å². The third-order valence-electron chi connectivity index (χ3n) is 5.52. The number of fused-ring (bicyclic) bond motifs is 1. The van der Waals surface area contributed by atoms with E-state index in [1.54, 1.807) is 25.3 Å². The maximum atomic E-state index is 11.0. The van der Waals surface area contributed by atoms with E-state index in [4.69, 9.17) is 9.47 Å². The molecule has 0 radical (unpaired) electrons. The lowest BCUT2D eigenvalue weighted by molar-refractivity contribution is -0.117. The fourth-order valence-electron chi connectivity index (χ4n) is 3.81. The Kier molecular flexibility index (Phi) is 14.5. The SMILES string of the molecule is CC.CC.CCC.CCc1cc(OC)c(Nc2ccnc3[nH]c(C4=CCN(C=O)CC4)cc23)cc1OC. The van der Waals surface area contributed by atoms with E-state index in [1.807, 2.05) is 45.9 Å². The van der Waals surface area contributed by atoms with Crippen LogP contribution in [0.15, 0.2) is 36.5 Å². The van der Waals surface area contributed by atoms with Crippen molar-refractivity contribution >= 4 is 34.4 Å². The summed E-state index contributed by atoms with van der Waals surface area (Å²) in [6.07, 6.45) is 7.69. The number of nitrogens with zero attached hydrogens (tertiary/aromatic N) is 2. The lowest BCUT2D eigenvalue weighted by atomic mass is 10.1. The molecular formula is C30H46N4O3. The van der Waals surface area contributed by atoms with Crippen LogP contribution in [-0.4, -0.2) is 48.6 Å². The minimum absolute atomic E-state index is 0.632. The van der Waals surface area contributed by atoms with Gasteiger partial charge in [-0.25, -0.2) is 4.98 Å². The van der Waals surface area contributed by atoms with Crippen molar-refractivity contribution < 1.29 is 14.3 Å². The minimum Gasteiger partial charge on any atom is -0.496 e. The van der Waals surface area contributed by atoms with Gasteiger partial charge in [-0.2, -0.15) is 0 Å². The van der Waals surface area contributed by atoms with Gasteiger partial charge in [0.15, 0.2) is 0 Å². The maximum Gasteiger partial charge on any atom is 0.209 e. The zero-order chi connectivity index (χ0) is 27.8. The van der Waals surface area contributed by atoms with Gasteiger partial charge in [-0.1, -0.05) is 61.0 Å². The number of aromatic amines is 1. The second kappa shape index (κ2) is 17.1. The van der Waals surface area contributed by atoms with Crippen molar-refractivity contribution in [3.8, 4) is 11.5 Å². The minimum atomic E-state index is 0.632. The van der Waals surface area contributed by atoms with Crippen LogP contribution in [0.4, 0.5) is 11.4 Å². The van der Waals surface area contributed by atoms with Gasteiger partial charge in [0.1, 0.15) is 17.1 Å². The molecule has 2 N–H and O–H groups in total. The molecule has 1 amide bonds. The fraction of sp³-hybridized carbons (Fsp3) is 0.467. The van der Waals surface area contributed by atoms with Crippen molar-refractivity contribution in [2.45, 2.75) is 67.7 Å². The first kappa shape index (κ1) is 31.5. The Bertz CT molecular complexity index is 1120. The van der Waals surface area contributed by atoms with Crippen LogP contribution in [0, 0.1) is 0 Å². The predicted octanol–water partition coefficient (Wildman–Crippen LogP) is 7.60. The first-order chi connectivity index (χ1) is 18.1. The third kappa shape index (κ3) is 8.27. The molecule has 0 unspecified atom stereocenters. The first-order valence-electron chi connectivity index (χ1n) is 13.5. The number of carbonyl (C=O) groups excluding carboxylic acids is 1. The van der Waals surface area contributed by atoms with Crippen molar-refractivity contribution in [1.82, 2.24) is 14.9 Å². The van der Waals surface area contributed by atoms with Crippen molar-refractivity contribution in [3.63, 3.8) is 0 Å². The van der Waals surface area contributed by atoms with E-state index >= 15 is 0 Å². The van der Waals surface area contributed by atoms with E-state index in [0.717, 1.165) is 71.0 Å². The first-order valence-corrected chi connectivity index (χ1v) is 13.5. The van der Waals surface area contributed by atoms with Gasteiger partial charge in [0, 0.05) is 36.4 Å². The number of carbonyl (C=O) groups is 1. The Labute approximate surface area is 223 Å². The van der Waals surface area contributed by atoms with Crippen LogP contribution in [0.25, 0.3) is 16.6 Å². The number of anilines is 2. The Hall–Kier alpha value is -3.48. The van der Waals surface area contributed by atoms with Crippen LogP contribution < -0.4 is 14.8 Å². The molecule has 0 spiro atoms. The second-order valence-corrected chi connectivity index (χ2v) is 7.93. The summed E-state index contributed by atoms with van der Waals surface area (Å²) in [6.45, 7) is 15.7. The summed E-state index contributed by atoms with van der Waals surface area (Å²) in [7, 11) is 3.35. The highest BCUT2D eigenvalue weighted by atomic mass is 16.5. The van der Waals surface area contributed by atoms with Crippen LogP contribution in [0.5, 0.6) is 11.5 Å². The molecule has 1 aliphatic heterocycles. The van der Waals surface area contributed by atoms with Gasteiger partial charge in [0.25, 0.3) is 0 Å². The number of methoxy groups -OCH3 is 2. The van der Waals surface area contributed by atoms with Gasteiger partial charge in [0.2, 0.25) is 6.41 Å². The van der Waals surface area contributed by atoms with Gasteiger partial charge in [-0.3, -0.25) is 4.79 Å². The Morgan fingerprint density at radius 1 is 1.03 bits per heavy atom. The van der Waals surface area contributed by atoms with Gasteiger partial charge < -0.3 is 24.7 Å². The number of hydrogen-bond donors (Lipinski definition) is 2. The molecule has 37 heavy (non-hydrogen) atoms. The summed E-state index contributed by atoms with van der Waals surface area (Å²) >= 11 is 0. The largest absolute Gasteiger partial charge is 0.496 e. The number of aromatic nitrogens is 2. The molecule has 1 aromatic carbocycles. The molecule has 1 aliphatic rings. The molecule has 204 valence electrons. The molecule has 2 aromatic heterocycles. The van der Waals surface area contributed by atoms with Crippen LogP contribution in [0.1, 0.15) is 72.6 Å². The zero-order valence-corrected chi connectivity index (χ0v) is 24.2. The van der Waals surface area contributed by atoms with E-state index in [2.05, 4.69) is 48.2 Å². The van der Waals surface area contributed by atoms with Crippen LogP contribution in [0.3, 0.4) is 0 Å². The molecule has 3 aromatic rings. The highest BCUT2D eigenvalue weighted by Gasteiger charge is 2.16.